The number of nitrogens with zero attached hydrogens (tertiary/aromatic N) is 3. The Morgan fingerprint density at radius 3 is 3.08 bits per heavy atom. The van der Waals surface area contributed by atoms with Gasteiger partial charge in [-0.2, -0.15) is 10.4 Å². The maximum absolute atomic E-state index is 9.35. The zero-order valence-corrected chi connectivity index (χ0v) is 6.94. The van der Waals surface area contributed by atoms with Gasteiger partial charge >= 0.3 is 0 Å². The summed E-state index contributed by atoms with van der Waals surface area (Å²) in [6, 6.07) is 1.91. The molecule has 0 amide bonds. The first kappa shape index (κ1) is 8.75. The third kappa shape index (κ3) is 1.83. The zero-order chi connectivity index (χ0) is 8.97. The van der Waals surface area contributed by atoms with E-state index < -0.39 is 6.10 Å². The van der Waals surface area contributed by atoms with E-state index in [1.165, 1.54) is 0 Å². The quantitative estimate of drug-likeness (QED) is 0.722. The first-order chi connectivity index (χ1) is 5.77. The van der Waals surface area contributed by atoms with Crippen LogP contribution in [0.2, 0.25) is 0 Å². The third-order valence-corrected chi connectivity index (χ3v) is 1.65. The van der Waals surface area contributed by atoms with E-state index in [0.29, 0.717) is 5.56 Å². The number of nitriles is 1. The Labute approximate surface area is 71.1 Å². The molecule has 4 heteroatoms. The molecule has 0 saturated heterocycles. The number of aliphatic hydroxyl groups is 1. The lowest BCUT2D eigenvalue weighted by Gasteiger charge is -2.00. The summed E-state index contributed by atoms with van der Waals surface area (Å²) in [5, 5.41) is 21.7. The Bertz CT molecular complexity index is 287. The number of hydrogen-bond donors (Lipinski definition) is 1. The van der Waals surface area contributed by atoms with Crippen LogP contribution in [0.4, 0.5) is 0 Å². The molecule has 0 bridgehead atoms. The van der Waals surface area contributed by atoms with Crippen LogP contribution in [0.3, 0.4) is 0 Å². The van der Waals surface area contributed by atoms with Gasteiger partial charge in [-0.15, -0.1) is 0 Å². The highest BCUT2D eigenvalue weighted by atomic mass is 16.3. The van der Waals surface area contributed by atoms with E-state index in [4.69, 9.17) is 5.26 Å². The van der Waals surface area contributed by atoms with Crippen molar-refractivity contribution in [2.45, 2.75) is 26.0 Å². The minimum Gasteiger partial charge on any atom is -0.387 e. The van der Waals surface area contributed by atoms with Crippen LogP contribution in [0.25, 0.3) is 0 Å². The third-order valence-electron chi connectivity index (χ3n) is 1.65. The molecular weight excluding hydrogens is 154 g/mol. The molecule has 1 aromatic rings. The molecule has 1 unspecified atom stereocenters. The smallest absolute Gasteiger partial charge is 0.0950 e. The molecular formula is C8H11N3O. The molecule has 12 heavy (non-hydrogen) atoms. The van der Waals surface area contributed by atoms with Gasteiger partial charge in [0.15, 0.2) is 0 Å². The number of aromatic nitrogens is 2. The van der Waals surface area contributed by atoms with Gasteiger partial charge in [-0.3, -0.25) is 4.68 Å². The molecule has 1 atom stereocenters. The molecule has 0 aliphatic carbocycles. The molecule has 4 nitrogen and oxygen atoms in total. The molecule has 0 spiro atoms. The van der Waals surface area contributed by atoms with Gasteiger partial charge in [0.05, 0.1) is 24.8 Å². The predicted octanol–water partition coefficient (Wildman–Crippen LogP) is 0.850. The van der Waals surface area contributed by atoms with Crippen molar-refractivity contribution in [1.29, 1.82) is 5.26 Å². The summed E-state index contributed by atoms with van der Waals surface area (Å²) in [5.74, 6) is 0. The average molecular weight is 165 g/mol. The Kier molecular flexibility index (Phi) is 2.83. The first-order valence-electron chi connectivity index (χ1n) is 3.85. The van der Waals surface area contributed by atoms with E-state index >= 15 is 0 Å². The normalized spacial score (nSPS) is 12.4. The van der Waals surface area contributed by atoms with Crippen molar-refractivity contribution in [2.75, 3.05) is 0 Å². The summed E-state index contributed by atoms with van der Waals surface area (Å²) in [6.07, 6.45) is 2.76. The largest absolute Gasteiger partial charge is 0.387 e. The van der Waals surface area contributed by atoms with Crippen molar-refractivity contribution in [3.63, 3.8) is 0 Å². The summed E-state index contributed by atoms with van der Waals surface area (Å²) in [7, 11) is 0. The van der Waals surface area contributed by atoms with Crippen LogP contribution in [0.1, 0.15) is 25.0 Å². The molecule has 1 aromatic heterocycles. The Hall–Kier alpha value is -1.34. The number of aryl methyl sites for hydroxylation is 1. The highest BCUT2D eigenvalue weighted by Gasteiger charge is 2.08. The summed E-state index contributed by atoms with van der Waals surface area (Å²) >= 11 is 0. The Balaban J connectivity index is 2.69. The highest BCUT2D eigenvalue weighted by Crippen LogP contribution is 2.14. The number of rotatable bonds is 3. The van der Waals surface area contributed by atoms with Crippen LogP contribution < -0.4 is 0 Å². The van der Waals surface area contributed by atoms with E-state index in [-0.39, 0.29) is 6.42 Å². The van der Waals surface area contributed by atoms with Crippen molar-refractivity contribution in [2.24, 2.45) is 0 Å². The van der Waals surface area contributed by atoms with Gasteiger partial charge in [0, 0.05) is 18.3 Å². The van der Waals surface area contributed by atoms with Crippen LogP contribution in [0.15, 0.2) is 12.4 Å². The summed E-state index contributed by atoms with van der Waals surface area (Å²) < 4.78 is 1.72. The van der Waals surface area contributed by atoms with Crippen LogP contribution in [-0.2, 0) is 6.54 Å². The molecule has 0 aromatic carbocycles. The highest BCUT2D eigenvalue weighted by molar-refractivity contribution is 5.09. The standard InChI is InChI=1S/C8H11N3O/c1-2-11-6-7(5-10-11)8(12)3-4-9/h5-6,8,12H,2-3H2,1H3. The van der Waals surface area contributed by atoms with Gasteiger partial charge in [-0.05, 0) is 6.92 Å². The zero-order valence-electron chi connectivity index (χ0n) is 6.94. The fraction of sp³-hybridized carbons (Fsp3) is 0.500. The molecule has 1 N–H and O–H groups in total. The number of hydrogen-bond acceptors (Lipinski definition) is 3. The van der Waals surface area contributed by atoms with Crippen LogP contribution in [-0.4, -0.2) is 14.9 Å². The maximum Gasteiger partial charge on any atom is 0.0950 e. The predicted molar refractivity (Wildman–Crippen MR) is 43.1 cm³/mol. The van der Waals surface area contributed by atoms with Gasteiger partial charge in [-0.1, -0.05) is 0 Å². The molecule has 1 heterocycles. The van der Waals surface area contributed by atoms with Gasteiger partial charge in [-0.25, -0.2) is 0 Å². The lowest BCUT2D eigenvalue weighted by Crippen LogP contribution is -1.95. The summed E-state index contributed by atoms with van der Waals surface area (Å²) in [6.45, 7) is 2.74. The molecule has 0 fully saturated rings. The van der Waals surface area contributed by atoms with E-state index in [9.17, 15) is 5.11 Å². The van der Waals surface area contributed by atoms with Gasteiger partial charge in [0.1, 0.15) is 0 Å². The van der Waals surface area contributed by atoms with E-state index in [0.717, 1.165) is 6.54 Å². The molecule has 0 radical (unpaired) electrons. The lowest BCUT2D eigenvalue weighted by molar-refractivity contribution is 0.183. The van der Waals surface area contributed by atoms with Crippen molar-refractivity contribution < 1.29 is 5.11 Å². The van der Waals surface area contributed by atoms with Crippen LogP contribution in [0.5, 0.6) is 0 Å². The van der Waals surface area contributed by atoms with Crippen molar-refractivity contribution >= 4 is 0 Å². The molecule has 0 saturated carbocycles. The topological polar surface area (TPSA) is 61.8 Å². The lowest BCUT2D eigenvalue weighted by atomic mass is 10.1. The van der Waals surface area contributed by atoms with Crippen molar-refractivity contribution in [3.8, 4) is 6.07 Å². The molecule has 0 aliphatic rings. The van der Waals surface area contributed by atoms with Crippen molar-refractivity contribution in [3.05, 3.63) is 18.0 Å². The average Bonchev–Trinajstić information content (AvgIpc) is 2.52. The van der Waals surface area contributed by atoms with Crippen LogP contribution >= 0.6 is 0 Å². The van der Waals surface area contributed by atoms with E-state index in [1.54, 1.807) is 17.1 Å². The van der Waals surface area contributed by atoms with E-state index in [1.807, 2.05) is 13.0 Å². The van der Waals surface area contributed by atoms with Gasteiger partial charge < -0.3 is 5.11 Å². The van der Waals surface area contributed by atoms with Gasteiger partial charge in [0.2, 0.25) is 0 Å². The van der Waals surface area contributed by atoms with E-state index in [2.05, 4.69) is 5.10 Å². The Morgan fingerprint density at radius 2 is 2.58 bits per heavy atom. The second-order valence-corrected chi connectivity index (χ2v) is 2.51. The monoisotopic (exact) mass is 165 g/mol. The summed E-state index contributed by atoms with van der Waals surface area (Å²) in [5.41, 5.74) is 0.707. The Morgan fingerprint density at radius 1 is 1.83 bits per heavy atom. The molecule has 0 aliphatic heterocycles. The van der Waals surface area contributed by atoms with Crippen molar-refractivity contribution in [1.82, 2.24) is 9.78 Å². The fourth-order valence-electron chi connectivity index (χ4n) is 0.929. The summed E-state index contributed by atoms with van der Waals surface area (Å²) in [4.78, 5) is 0. The fourth-order valence-corrected chi connectivity index (χ4v) is 0.929. The molecule has 1 rings (SSSR count). The number of aliphatic hydroxyl groups excluding tert-OH is 1. The first-order valence-corrected chi connectivity index (χ1v) is 3.85. The maximum atomic E-state index is 9.35. The van der Waals surface area contributed by atoms with Crippen LogP contribution in [0, 0.1) is 11.3 Å². The second kappa shape index (κ2) is 3.88. The second-order valence-electron chi connectivity index (χ2n) is 2.51. The minimum absolute atomic E-state index is 0.120. The minimum atomic E-state index is -0.699. The molecule has 64 valence electrons. The SMILES string of the molecule is CCn1cc(C(O)CC#N)cn1. The van der Waals surface area contributed by atoms with Gasteiger partial charge in [0.25, 0.3) is 0 Å².